The number of hydrogen-bond acceptors (Lipinski definition) is 6. The summed E-state index contributed by atoms with van der Waals surface area (Å²) < 4.78 is 15.9. The number of carbonyl (C=O) groups is 1. The normalized spacial score (nSPS) is 16.9. The Morgan fingerprint density at radius 3 is 2.97 bits per heavy atom. The zero-order chi connectivity index (χ0) is 22.1. The third kappa shape index (κ3) is 4.09. The van der Waals surface area contributed by atoms with Gasteiger partial charge in [-0.3, -0.25) is 9.79 Å². The summed E-state index contributed by atoms with van der Waals surface area (Å²) in [6.45, 7) is 6.45. The van der Waals surface area contributed by atoms with Crippen LogP contribution in [0.3, 0.4) is 0 Å². The van der Waals surface area contributed by atoms with Crippen molar-refractivity contribution in [2.45, 2.75) is 19.9 Å². The Balaban J connectivity index is 1.66. The number of nitrogens with one attached hydrogen (secondary N) is 2. The molecule has 0 spiro atoms. The smallest absolute Gasteiger partial charge is 0.257 e. The maximum Gasteiger partial charge on any atom is 0.257 e. The quantitative estimate of drug-likeness (QED) is 0.442. The van der Waals surface area contributed by atoms with Crippen LogP contribution in [0.25, 0.3) is 5.65 Å². The zero-order valence-corrected chi connectivity index (χ0v) is 17.8. The fourth-order valence-corrected chi connectivity index (χ4v) is 3.96. The summed E-state index contributed by atoms with van der Waals surface area (Å²) in [5, 5.41) is 6.16. The Morgan fingerprint density at radius 2 is 2.23 bits per heavy atom. The molecule has 0 saturated carbocycles. The standard InChI is InChI=1S/C22H26FN7O/c1-13-10-29(7-6-26-13)19-5-4-16(20(24)17(19)9-25-3)22(31)28-15-8-18(23)21-27-14(2)11-30(21)12-15/h4-5,8-9,11-13,26H,6-7,10,24H2,1-3H3,(H,28,31)/t13-/m0/s1. The highest BCUT2D eigenvalue weighted by Gasteiger charge is 2.22. The van der Waals surface area contributed by atoms with Crippen molar-refractivity contribution < 1.29 is 9.18 Å². The molecule has 31 heavy (non-hydrogen) atoms. The number of pyridine rings is 1. The molecule has 1 amide bonds. The van der Waals surface area contributed by atoms with Crippen molar-refractivity contribution in [3.8, 4) is 0 Å². The first-order valence-electron chi connectivity index (χ1n) is 10.2. The van der Waals surface area contributed by atoms with Gasteiger partial charge < -0.3 is 25.7 Å². The van der Waals surface area contributed by atoms with Gasteiger partial charge in [-0.25, -0.2) is 9.37 Å². The lowest BCUT2D eigenvalue weighted by molar-refractivity contribution is 0.102. The van der Waals surface area contributed by atoms with Crippen LogP contribution < -0.4 is 21.3 Å². The summed E-state index contributed by atoms with van der Waals surface area (Å²) in [5.74, 6) is -0.931. The number of imidazole rings is 1. The first-order valence-corrected chi connectivity index (χ1v) is 10.2. The number of aromatic nitrogens is 2. The molecule has 1 fully saturated rings. The SMILES string of the molecule is CN=Cc1c(N2CCN[C@@H](C)C2)ccc(C(=O)Nc2cc(F)c3nc(C)cn3c2)c1N. The average Bonchev–Trinajstić information content (AvgIpc) is 3.10. The van der Waals surface area contributed by atoms with Crippen LogP contribution in [0, 0.1) is 12.7 Å². The van der Waals surface area contributed by atoms with E-state index in [1.165, 1.54) is 6.07 Å². The van der Waals surface area contributed by atoms with E-state index in [1.807, 2.05) is 6.07 Å². The van der Waals surface area contributed by atoms with E-state index in [2.05, 4.69) is 32.4 Å². The van der Waals surface area contributed by atoms with Crippen LogP contribution in [0.5, 0.6) is 0 Å². The van der Waals surface area contributed by atoms with Crippen molar-refractivity contribution in [2.75, 3.05) is 42.6 Å². The Bertz CT molecular complexity index is 1170. The molecule has 162 valence electrons. The van der Waals surface area contributed by atoms with Gasteiger partial charge in [-0.05, 0) is 26.0 Å². The van der Waals surface area contributed by atoms with Gasteiger partial charge >= 0.3 is 0 Å². The van der Waals surface area contributed by atoms with Gasteiger partial charge in [0.15, 0.2) is 11.5 Å². The number of carbonyl (C=O) groups excluding carboxylic acids is 1. The fourth-order valence-electron chi connectivity index (χ4n) is 3.96. The molecule has 1 aliphatic rings. The molecule has 4 N–H and O–H groups in total. The molecule has 0 radical (unpaired) electrons. The average molecular weight is 423 g/mol. The number of nitrogen functional groups attached to an aromatic ring is 1. The van der Waals surface area contributed by atoms with Crippen LogP contribution in [0.1, 0.15) is 28.5 Å². The first-order chi connectivity index (χ1) is 14.9. The predicted molar refractivity (Wildman–Crippen MR) is 122 cm³/mol. The number of amides is 1. The van der Waals surface area contributed by atoms with Gasteiger partial charge in [0.2, 0.25) is 0 Å². The van der Waals surface area contributed by atoms with Gasteiger partial charge in [0, 0.05) is 68.6 Å². The second-order valence-corrected chi connectivity index (χ2v) is 7.79. The second kappa shape index (κ2) is 8.35. The van der Waals surface area contributed by atoms with E-state index in [9.17, 15) is 9.18 Å². The Labute approximate surface area is 180 Å². The van der Waals surface area contributed by atoms with Gasteiger partial charge in [0.25, 0.3) is 5.91 Å². The van der Waals surface area contributed by atoms with E-state index in [0.717, 1.165) is 25.3 Å². The summed E-state index contributed by atoms with van der Waals surface area (Å²) in [7, 11) is 1.67. The maximum atomic E-state index is 14.4. The van der Waals surface area contributed by atoms with E-state index in [4.69, 9.17) is 5.73 Å². The Kier molecular flexibility index (Phi) is 5.60. The molecule has 9 heteroatoms. The van der Waals surface area contributed by atoms with E-state index in [0.29, 0.717) is 34.2 Å². The van der Waals surface area contributed by atoms with Gasteiger partial charge in [-0.15, -0.1) is 0 Å². The van der Waals surface area contributed by atoms with Crippen LogP contribution in [0.15, 0.2) is 35.6 Å². The van der Waals surface area contributed by atoms with Crippen molar-refractivity contribution in [1.29, 1.82) is 0 Å². The lowest BCUT2D eigenvalue weighted by Crippen LogP contribution is -2.49. The topological polar surface area (TPSA) is 100 Å². The molecular formula is C22H26FN7O. The van der Waals surface area contributed by atoms with Crippen LogP contribution in [0.2, 0.25) is 0 Å². The van der Waals surface area contributed by atoms with E-state index >= 15 is 0 Å². The summed E-state index contributed by atoms with van der Waals surface area (Å²) in [6.07, 6.45) is 4.99. The van der Waals surface area contributed by atoms with Crippen molar-refractivity contribution >= 4 is 34.8 Å². The molecule has 4 rings (SSSR count). The predicted octanol–water partition coefficient (Wildman–Crippen LogP) is 2.46. The van der Waals surface area contributed by atoms with Crippen molar-refractivity contribution in [3.05, 3.63) is 53.2 Å². The maximum absolute atomic E-state index is 14.4. The van der Waals surface area contributed by atoms with Crippen LogP contribution in [-0.2, 0) is 0 Å². The number of halogens is 1. The van der Waals surface area contributed by atoms with Crippen LogP contribution in [-0.4, -0.2) is 54.2 Å². The second-order valence-electron chi connectivity index (χ2n) is 7.79. The molecule has 8 nitrogen and oxygen atoms in total. The molecule has 2 aromatic heterocycles. The third-order valence-electron chi connectivity index (χ3n) is 5.36. The summed E-state index contributed by atoms with van der Waals surface area (Å²) >= 11 is 0. The van der Waals surface area contributed by atoms with Gasteiger partial charge in [-0.2, -0.15) is 0 Å². The largest absolute Gasteiger partial charge is 0.397 e. The number of nitrogens with two attached hydrogens (primary N) is 1. The fraction of sp³-hybridized carbons (Fsp3) is 0.318. The number of hydrogen-bond donors (Lipinski definition) is 3. The third-order valence-corrected chi connectivity index (χ3v) is 5.36. The number of fused-ring (bicyclic) bond motifs is 1. The van der Waals surface area contributed by atoms with E-state index in [-0.39, 0.29) is 5.65 Å². The number of rotatable bonds is 4. The van der Waals surface area contributed by atoms with Gasteiger partial charge in [0.1, 0.15) is 0 Å². The summed E-state index contributed by atoms with van der Waals surface area (Å²) in [5.41, 5.74) is 9.92. The molecule has 0 bridgehead atoms. The highest BCUT2D eigenvalue weighted by Crippen LogP contribution is 2.29. The van der Waals surface area contributed by atoms with Crippen molar-refractivity contribution in [3.63, 3.8) is 0 Å². The Hall–Kier alpha value is -3.46. The van der Waals surface area contributed by atoms with Crippen LogP contribution >= 0.6 is 0 Å². The molecule has 3 aromatic rings. The number of piperazine rings is 1. The monoisotopic (exact) mass is 423 g/mol. The minimum absolute atomic E-state index is 0.214. The highest BCUT2D eigenvalue weighted by atomic mass is 19.1. The van der Waals surface area contributed by atoms with E-state index in [1.54, 1.807) is 43.0 Å². The number of aryl methyl sites for hydroxylation is 1. The molecule has 1 aromatic carbocycles. The number of nitrogens with zero attached hydrogens (tertiary/aromatic N) is 4. The summed E-state index contributed by atoms with van der Waals surface area (Å²) in [4.78, 5) is 23.5. The molecule has 0 unspecified atom stereocenters. The number of benzene rings is 1. The molecule has 3 heterocycles. The number of anilines is 3. The van der Waals surface area contributed by atoms with Gasteiger partial charge in [0.05, 0.1) is 22.6 Å². The van der Waals surface area contributed by atoms with E-state index < -0.39 is 11.7 Å². The summed E-state index contributed by atoms with van der Waals surface area (Å²) in [6, 6.07) is 5.20. The lowest BCUT2D eigenvalue weighted by atomic mass is 10.0. The molecule has 1 aliphatic heterocycles. The van der Waals surface area contributed by atoms with Crippen molar-refractivity contribution in [1.82, 2.24) is 14.7 Å². The first kappa shape index (κ1) is 20.8. The molecular weight excluding hydrogens is 397 g/mol. The van der Waals surface area contributed by atoms with Crippen molar-refractivity contribution in [2.24, 2.45) is 4.99 Å². The minimum Gasteiger partial charge on any atom is -0.397 e. The minimum atomic E-state index is -0.513. The zero-order valence-electron chi connectivity index (χ0n) is 17.8. The van der Waals surface area contributed by atoms with Gasteiger partial charge in [-0.1, -0.05) is 0 Å². The molecule has 1 saturated heterocycles. The molecule has 0 aliphatic carbocycles. The Morgan fingerprint density at radius 1 is 1.42 bits per heavy atom. The molecule has 1 atom stereocenters. The van der Waals surface area contributed by atoms with Crippen LogP contribution in [0.4, 0.5) is 21.5 Å². The highest BCUT2D eigenvalue weighted by molar-refractivity contribution is 6.11. The lowest BCUT2D eigenvalue weighted by Gasteiger charge is -2.35. The number of aliphatic imine (C=N–C) groups is 1.